The smallest absolute Gasteiger partial charge is 0.300 e. The Kier molecular flexibility index (Phi) is 7.80. The minimum absolute atomic E-state index is 0.190. The number of carbonyl (C=O) groups excluding carboxylic acids is 1. The number of pyridine rings is 2. The molecule has 3 aromatic heterocycles. The molecular formula is C26H32N8O4. The Hall–Kier alpha value is -4.03. The maximum atomic E-state index is 13.6. The number of oxazole rings is 1. The Labute approximate surface area is 220 Å². The average Bonchev–Trinajstić information content (AvgIpc) is 3.39. The summed E-state index contributed by atoms with van der Waals surface area (Å²) in [5.74, 6) is 0.593. The fourth-order valence-electron chi connectivity index (χ4n) is 4.63. The molecule has 0 bridgehead atoms. The highest BCUT2D eigenvalue weighted by atomic mass is 16.5. The molecule has 0 spiro atoms. The Balaban J connectivity index is 1.48. The van der Waals surface area contributed by atoms with Gasteiger partial charge in [0.25, 0.3) is 11.9 Å². The van der Waals surface area contributed by atoms with E-state index in [-0.39, 0.29) is 12.0 Å². The van der Waals surface area contributed by atoms with E-state index in [0.717, 1.165) is 12.8 Å². The van der Waals surface area contributed by atoms with Crippen molar-refractivity contribution in [2.75, 3.05) is 68.7 Å². The van der Waals surface area contributed by atoms with Crippen LogP contribution in [0.25, 0.3) is 16.8 Å². The number of fused-ring (bicyclic) bond motifs is 1. The van der Waals surface area contributed by atoms with Gasteiger partial charge in [0.2, 0.25) is 5.65 Å². The summed E-state index contributed by atoms with van der Waals surface area (Å²) in [7, 11) is 3.38. The molecule has 3 aromatic rings. The second-order valence-corrected chi connectivity index (χ2v) is 9.07. The van der Waals surface area contributed by atoms with E-state index in [9.17, 15) is 4.79 Å². The molecule has 0 aromatic carbocycles. The molecule has 1 amide bonds. The van der Waals surface area contributed by atoms with Gasteiger partial charge in [-0.25, -0.2) is 9.97 Å². The van der Waals surface area contributed by atoms with Crippen molar-refractivity contribution in [1.29, 1.82) is 0 Å². The molecular weight excluding hydrogens is 488 g/mol. The molecule has 2 aliphatic rings. The highest BCUT2D eigenvalue weighted by Gasteiger charge is 2.27. The number of amides is 1. The van der Waals surface area contributed by atoms with Crippen LogP contribution < -0.4 is 20.9 Å². The van der Waals surface area contributed by atoms with E-state index in [1.807, 2.05) is 4.90 Å². The normalized spacial score (nSPS) is 17.5. The molecule has 0 atom stereocenters. The van der Waals surface area contributed by atoms with Gasteiger partial charge in [-0.3, -0.25) is 9.79 Å². The third-order valence-corrected chi connectivity index (χ3v) is 6.69. The minimum atomic E-state index is -0.348. The molecule has 0 aliphatic carbocycles. The number of aliphatic imine (C=N–C) groups is 1. The summed E-state index contributed by atoms with van der Waals surface area (Å²) in [4.78, 5) is 35.7. The van der Waals surface area contributed by atoms with Gasteiger partial charge in [-0.05, 0) is 25.0 Å². The first-order valence-electron chi connectivity index (χ1n) is 12.6. The molecule has 5 rings (SSSR count). The molecule has 0 unspecified atom stereocenters. The Morgan fingerprint density at radius 2 is 1.95 bits per heavy atom. The monoisotopic (exact) mass is 520 g/mol. The molecule has 2 aliphatic heterocycles. The van der Waals surface area contributed by atoms with E-state index < -0.39 is 0 Å². The lowest BCUT2D eigenvalue weighted by Crippen LogP contribution is -2.38. The standard InChI is InChI=1S/C26H32N8O4/c1-28-16-17(15-27)20-4-3-5-22(29-20)30-25(35)19-14-21-23(32-26(38-21)34-10-12-37-13-11-34)31-24(19)33-8-6-18(36-2)7-9-33/h3-5,14-16,18H,6-13,27H2,1-2H3,(H,29,30,35). The third kappa shape index (κ3) is 5.46. The fourth-order valence-corrected chi connectivity index (χ4v) is 4.63. The quantitative estimate of drug-likeness (QED) is 0.445. The van der Waals surface area contributed by atoms with Crippen LogP contribution in [0.4, 0.5) is 17.7 Å². The van der Waals surface area contributed by atoms with Crippen LogP contribution in [0.1, 0.15) is 28.9 Å². The molecule has 12 heteroatoms. The summed E-state index contributed by atoms with van der Waals surface area (Å²) in [5.41, 5.74) is 8.26. The van der Waals surface area contributed by atoms with Gasteiger partial charge in [-0.1, -0.05) is 6.07 Å². The number of rotatable bonds is 7. The Bertz CT molecular complexity index is 1340. The third-order valence-electron chi connectivity index (χ3n) is 6.69. The highest BCUT2D eigenvalue weighted by molar-refractivity contribution is 6.10. The molecule has 0 radical (unpaired) electrons. The summed E-state index contributed by atoms with van der Waals surface area (Å²) < 4.78 is 17.0. The zero-order valence-corrected chi connectivity index (χ0v) is 21.6. The van der Waals surface area contributed by atoms with E-state index >= 15 is 0 Å². The van der Waals surface area contributed by atoms with Gasteiger partial charge >= 0.3 is 0 Å². The van der Waals surface area contributed by atoms with Crippen molar-refractivity contribution in [3.8, 4) is 0 Å². The van der Waals surface area contributed by atoms with Gasteiger partial charge < -0.3 is 34.7 Å². The van der Waals surface area contributed by atoms with Crippen molar-refractivity contribution in [2.24, 2.45) is 10.7 Å². The maximum absolute atomic E-state index is 13.6. The number of piperidine rings is 1. The Morgan fingerprint density at radius 1 is 1.16 bits per heavy atom. The number of anilines is 3. The van der Waals surface area contributed by atoms with Crippen LogP contribution in [0.15, 0.2) is 39.9 Å². The van der Waals surface area contributed by atoms with Gasteiger partial charge in [0, 0.05) is 64.4 Å². The van der Waals surface area contributed by atoms with E-state index in [1.54, 1.807) is 44.6 Å². The number of nitrogens with one attached hydrogen (secondary N) is 1. The van der Waals surface area contributed by atoms with Gasteiger partial charge in [-0.2, -0.15) is 4.98 Å². The second-order valence-electron chi connectivity index (χ2n) is 9.07. The summed E-state index contributed by atoms with van der Waals surface area (Å²) in [6.45, 7) is 4.00. The van der Waals surface area contributed by atoms with Gasteiger partial charge in [-0.15, -0.1) is 0 Å². The zero-order chi connectivity index (χ0) is 26.5. The number of hydrogen-bond acceptors (Lipinski definition) is 11. The van der Waals surface area contributed by atoms with Crippen molar-refractivity contribution in [3.05, 3.63) is 41.7 Å². The lowest BCUT2D eigenvalue weighted by atomic mass is 10.1. The van der Waals surface area contributed by atoms with Crippen LogP contribution in [0.2, 0.25) is 0 Å². The van der Waals surface area contributed by atoms with Gasteiger partial charge in [0.15, 0.2) is 5.58 Å². The number of hydrogen-bond donors (Lipinski definition) is 2. The first-order valence-corrected chi connectivity index (χ1v) is 12.6. The lowest BCUT2D eigenvalue weighted by molar-refractivity contribution is 0.0817. The Morgan fingerprint density at radius 3 is 2.66 bits per heavy atom. The number of morpholine rings is 1. The topological polar surface area (TPSA) is 144 Å². The number of nitrogens with two attached hydrogens (primary N) is 1. The molecule has 38 heavy (non-hydrogen) atoms. The summed E-state index contributed by atoms with van der Waals surface area (Å²) in [5, 5.41) is 2.91. The van der Waals surface area contributed by atoms with Crippen LogP contribution >= 0.6 is 0 Å². The van der Waals surface area contributed by atoms with Crippen molar-refractivity contribution < 1.29 is 18.7 Å². The average molecular weight is 521 g/mol. The predicted octanol–water partition coefficient (Wildman–Crippen LogP) is 2.32. The van der Waals surface area contributed by atoms with Crippen molar-refractivity contribution in [2.45, 2.75) is 18.9 Å². The number of allylic oxidation sites excluding steroid dienone is 1. The van der Waals surface area contributed by atoms with Gasteiger partial charge in [0.1, 0.15) is 11.6 Å². The summed E-state index contributed by atoms with van der Waals surface area (Å²) in [6, 6.07) is 7.51. The fraction of sp³-hybridized carbons (Fsp3) is 0.423. The molecule has 200 valence electrons. The molecule has 0 saturated carbocycles. The second kappa shape index (κ2) is 11.6. The van der Waals surface area contributed by atoms with E-state index in [0.29, 0.717) is 85.1 Å². The molecule has 12 nitrogen and oxygen atoms in total. The van der Waals surface area contributed by atoms with Crippen LogP contribution in [-0.4, -0.2) is 86.7 Å². The van der Waals surface area contributed by atoms with Crippen LogP contribution in [0.3, 0.4) is 0 Å². The SMILES string of the molecule is CN=CC(=CN)c1cccc(NC(=O)c2cc3oc(N4CCOCC4)nc3nc2N2CCC(OC)CC2)n1. The largest absolute Gasteiger partial charge is 0.422 e. The molecule has 5 heterocycles. The highest BCUT2D eigenvalue weighted by Crippen LogP contribution is 2.30. The zero-order valence-electron chi connectivity index (χ0n) is 21.6. The number of ether oxygens (including phenoxy) is 2. The van der Waals surface area contributed by atoms with Crippen molar-refractivity contribution in [3.63, 3.8) is 0 Å². The number of methoxy groups -OCH3 is 1. The van der Waals surface area contributed by atoms with Gasteiger partial charge in [0.05, 0.1) is 30.6 Å². The molecule has 2 fully saturated rings. The maximum Gasteiger partial charge on any atom is 0.300 e. The minimum Gasteiger partial charge on any atom is -0.422 e. The number of nitrogens with zero attached hydrogens (tertiary/aromatic N) is 6. The lowest BCUT2D eigenvalue weighted by Gasteiger charge is -2.32. The first kappa shape index (κ1) is 25.6. The van der Waals surface area contributed by atoms with Crippen LogP contribution in [0, 0.1) is 0 Å². The number of carbonyl (C=O) groups is 1. The van der Waals surface area contributed by atoms with Crippen molar-refractivity contribution in [1.82, 2.24) is 15.0 Å². The van der Waals surface area contributed by atoms with E-state index in [4.69, 9.17) is 24.6 Å². The van der Waals surface area contributed by atoms with Crippen LogP contribution in [0.5, 0.6) is 0 Å². The first-order chi connectivity index (χ1) is 18.6. The molecule has 2 saturated heterocycles. The van der Waals surface area contributed by atoms with Crippen molar-refractivity contribution >= 4 is 46.6 Å². The van der Waals surface area contributed by atoms with E-state index in [2.05, 4.69) is 25.2 Å². The van der Waals surface area contributed by atoms with Crippen LogP contribution in [-0.2, 0) is 9.47 Å². The molecule has 3 N–H and O–H groups in total. The summed E-state index contributed by atoms with van der Waals surface area (Å²) >= 11 is 0. The predicted molar refractivity (Wildman–Crippen MR) is 146 cm³/mol. The number of aromatic nitrogens is 3. The summed E-state index contributed by atoms with van der Waals surface area (Å²) in [6.07, 6.45) is 4.91. The van der Waals surface area contributed by atoms with E-state index in [1.165, 1.54) is 6.20 Å².